The zero-order chi connectivity index (χ0) is 11.5. The Hall–Kier alpha value is -1.46. The summed E-state index contributed by atoms with van der Waals surface area (Å²) in [5.74, 6) is 0.867. The average molecular weight is 246 g/mol. The van der Waals surface area contributed by atoms with Crippen LogP contribution < -0.4 is 10.6 Å². The second-order valence-electron chi connectivity index (χ2n) is 4.06. The van der Waals surface area contributed by atoms with E-state index in [1.807, 2.05) is 17.5 Å². The van der Waals surface area contributed by atoms with Crippen LogP contribution in [0, 0.1) is 0 Å². The summed E-state index contributed by atoms with van der Waals surface area (Å²) in [4.78, 5) is 8.81. The van der Waals surface area contributed by atoms with E-state index in [-0.39, 0.29) is 0 Å². The van der Waals surface area contributed by atoms with Crippen molar-refractivity contribution < 1.29 is 0 Å². The van der Waals surface area contributed by atoms with Gasteiger partial charge in [-0.15, -0.1) is 11.3 Å². The highest BCUT2D eigenvalue weighted by atomic mass is 32.1. The zero-order valence-corrected chi connectivity index (χ0v) is 10.2. The standard InChI is InChI=1S/C12H14N4S/c1-3-10(9-4-2-6-13-9)15-11(5-1)16-12-14-7-8-17-12/h1,3,5,7-9,13H,2,4,6H2,(H,14,15,16)/t9-/m1/s1. The topological polar surface area (TPSA) is 49.8 Å². The van der Waals surface area contributed by atoms with Gasteiger partial charge in [-0.25, -0.2) is 9.97 Å². The third-order valence-corrected chi connectivity index (χ3v) is 3.54. The van der Waals surface area contributed by atoms with Gasteiger partial charge in [0, 0.05) is 17.6 Å². The van der Waals surface area contributed by atoms with Gasteiger partial charge in [-0.3, -0.25) is 0 Å². The Morgan fingerprint density at radius 2 is 2.41 bits per heavy atom. The first-order chi connectivity index (χ1) is 8.42. The van der Waals surface area contributed by atoms with E-state index in [9.17, 15) is 0 Å². The normalized spacial score (nSPS) is 19.4. The van der Waals surface area contributed by atoms with Crippen LogP contribution in [-0.4, -0.2) is 16.5 Å². The highest BCUT2D eigenvalue weighted by molar-refractivity contribution is 7.13. The first kappa shape index (κ1) is 10.7. The molecule has 1 atom stereocenters. The molecule has 88 valence electrons. The van der Waals surface area contributed by atoms with Gasteiger partial charge in [0.2, 0.25) is 0 Å². The van der Waals surface area contributed by atoms with E-state index < -0.39 is 0 Å². The summed E-state index contributed by atoms with van der Waals surface area (Å²) in [6, 6.07) is 6.50. The summed E-state index contributed by atoms with van der Waals surface area (Å²) in [6.45, 7) is 1.09. The Bertz CT molecular complexity index is 477. The zero-order valence-electron chi connectivity index (χ0n) is 9.39. The minimum Gasteiger partial charge on any atom is -0.316 e. The van der Waals surface area contributed by atoms with Crippen LogP contribution in [0.25, 0.3) is 0 Å². The number of nitrogens with zero attached hydrogens (tertiary/aromatic N) is 2. The predicted octanol–water partition coefficient (Wildman–Crippen LogP) is 2.71. The van der Waals surface area contributed by atoms with E-state index in [4.69, 9.17) is 0 Å². The third-order valence-electron chi connectivity index (χ3n) is 2.86. The van der Waals surface area contributed by atoms with E-state index in [2.05, 4.69) is 26.7 Å². The van der Waals surface area contributed by atoms with Gasteiger partial charge in [0.25, 0.3) is 0 Å². The molecular weight excluding hydrogens is 232 g/mol. The quantitative estimate of drug-likeness (QED) is 0.874. The van der Waals surface area contributed by atoms with Crippen molar-refractivity contribution in [3.63, 3.8) is 0 Å². The maximum absolute atomic E-state index is 4.62. The van der Waals surface area contributed by atoms with Gasteiger partial charge in [0.1, 0.15) is 5.82 Å². The summed E-state index contributed by atoms with van der Waals surface area (Å²) in [6.07, 6.45) is 4.19. The molecule has 17 heavy (non-hydrogen) atoms. The van der Waals surface area contributed by atoms with Gasteiger partial charge in [0.05, 0.1) is 5.69 Å². The van der Waals surface area contributed by atoms with Crippen LogP contribution in [0.1, 0.15) is 24.6 Å². The van der Waals surface area contributed by atoms with Crippen molar-refractivity contribution in [2.45, 2.75) is 18.9 Å². The number of thiazole rings is 1. The highest BCUT2D eigenvalue weighted by Crippen LogP contribution is 2.23. The molecule has 0 radical (unpaired) electrons. The molecule has 0 spiro atoms. The van der Waals surface area contributed by atoms with Crippen LogP contribution in [0.15, 0.2) is 29.8 Å². The molecule has 1 aliphatic heterocycles. The second-order valence-corrected chi connectivity index (χ2v) is 4.95. The van der Waals surface area contributed by atoms with E-state index in [0.717, 1.165) is 23.2 Å². The molecular formula is C12H14N4S. The molecule has 4 nitrogen and oxygen atoms in total. The Morgan fingerprint density at radius 3 is 3.18 bits per heavy atom. The van der Waals surface area contributed by atoms with Gasteiger partial charge < -0.3 is 10.6 Å². The number of aromatic nitrogens is 2. The van der Waals surface area contributed by atoms with Crippen LogP contribution in [-0.2, 0) is 0 Å². The van der Waals surface area contributed by atoms with Crippen molar-refractivity contribution in [3.8, 4) is 0 Å². The van der Waals surface area contributed by atoms with E-state index >= 15 is 0 Å². The molecule has 0 aliphatic carbocycles. The van der Waals surface area contributed by atoms with Crippen molar-refractivity contribution in [3.05, 3.63) is 35.5 Å². The van der Waals surface area contributed by atoms with E-state index in [1.165, 1.54) is 12.8 Å². The number of nitrogens with one attached hydrogen (secondary N) is 2. The fourth-order valence-corrected chi connectivity index (χ4v) is 2.58. The highest BCUT2D eigenvalue weighted by Gasteiger charge is 2.17. The number of hydrogen-bond donors (Lipinski definition) is 2. The number of anilines is 2. The van der Waals surface area contributed by atoms with Crippen LogP contribution in [0.2, 0.25) is 0 Å². The fourth-order valence-electron chi connectivity index (χ4n) is 2.05. The van der Waals surface area contributed by atoms with Crippen molar-refractivity contribution in [1.29, 1.82) is 0 Å². The molecule has 3 heterocycles. The molecule has 0 bridgehead atoms. The van der Waals surface area contributed by atoms with Gasteiger partial charge in [-0.1, -0.05) is 6.07 Å². The number of pyridine rings is 1. The lowest BCUT2D eigenvalue weighted by molar-refractivity contribution is 0.629. The molecule has 0 saturated carbocycles. The lowest BCUT2D eigenvalue weighted by Gasteiger charge is -2.10. The Labute approximate surface area is 104 Å². The predicted molar refractivity (Wildman–Crippen MR) is 69.6 cm³/mol. The van der Waals surface area contributed by atoms with E-state index in [0.29, 0.717) is 6.04 Å². The van der Waals surface area contributed by atoms with Crippen molar-refractivity contribution in [2.24, 2.45) is 0 Å². The van der Waals surface area contributed by atoms with Gasteiger partial charge in [-0.2, -0.15) is 0 Å². The molecule has 2 aromatic heterocycles. The minimum atomic E-state index is 0.410. The number of hydrogen-bond acceptors (Lipinski definition) is 5. The largest absolute Gasteiger partial charge is 0.316 e. The SMILES string of the molecule is c1cc(Nc2nccs2)nc([C@H]2CCCN2)c1. The van der Waals surface area contributed by atoms with Crippen LogP contribution in [0.5, 0.6) is 0 Å². The Kier molecular flexibility index (Phi) is 3.02. The van der Waals surface area contributed by atoms with Gasteiger partial charge in [-0.05, 0) is 31.5 Å². The van der Waals surface area contributed by atoms with Crippen molar-refractivity contribution in [1.82, 2.24) is 15.3 Å². The van der Waals surface area contributed by atoms with Crippen molar-refractivity contribution >= 4 is 22.3 Å². The van der Waals surface area contributed by atoms with E-state index in [1.54, 1.807) is 17.5 Å². The molecule has 5 heteroatoms. The smallest absolute Gasteiger partial charge is 0.188 e. The minimum absolute atomic E-state index is 0.410. The molecule has 1 saturated heterocycles. The summed E-state index contributed by atoms with van der Waals surface area (Å²) >= 11 is 1.58. The molecule has 1 fully saturated rings. The third kappa shape index (κ3) is 2.45. The Morgan fingerprint density at radius 1 is 1.41 bits per heavy atom. The van der Waals surface area contributed by atoms with Crippen LogP contribution in [0.3, 0.4) is 0 Å². The second kappa shape index (κ2) is 4.81. The summed E-state index contributed by atoms with van der Waals surface area (Å²) in [7, 11) is 0. The molecule has 3 rings (SSSR count). The van der Waals surface area contributed by atoms with Crippen LogP contribution in [0.4, 0.5) is 10.9 Å². The molecule has 0 aromatic carbocycles. The average Bonchev–Trinajstić information content (AvgIpc) is 3.01. The van der Waals surface area contributed by atoms with Crippen molar-refractivity contribution in [2.75, 3.05) is 11.9 Å². The summed E-state index contributed by atoms with van der Waals surface area (Å²) in [5, 5.41) is 9.50. The lowest BCUT2D eigenvalue weighted by atomic mass is 10.1. The molecule has 1 aliphatic rings. The molecule has 0 amide bonds. The maximum atomic E-state index is 4.62. The number of rotatable bonds is 3. The lowest BCUT2D eigenvalue weighted by Crippen LogP contribution is -2.14. The molecule has 0 unspecified atom stereocenters. The first-order valence-corrected chi connectivity index (χ1v) is 6.67. The summed E-state index contributed by atoms with van der Waals surface area (Å²) < 4.78 is 0. The fraction of sp³-hybridized carbons (Fsp3) is 0.333. The molecule has 2 aromatic rings. The summed E-state index contributed by atoms with van der Waals surface area (Å²) in [5.41, 5.74) is 1.11. The van der Waals surface area contributed by atoms with Gasteiger partial charge in [0.15, 0.2) is 5.13 Å². The molecule has 2 N–H and O–H groups in total. The maximum Gasteiger partial charge on any atom is 0.188 e. The van der Waals surface area contributed by atoms with Gasteiger partial charge >= 0.3 is 0 Å². The Balaban J connectivity index is 1.78. The first-order valence-electron chi connectivity index (χ1n) is 5.79. The monoisotopic (exact) mass is 246 g/mol. The van der Waals surface area contributed by atoms with Crippen LogP contribution >= 0.6 is 11.3 Å².